The van der Waals surface area contributed by atoms with E-state index in [1.165, 1.54) is 12.1 Å². The van der Waals surface area contributed by atoms with Crippen LogP contribution in [0.5, 0.6) is 0 Å². The zero-order chi connectivity index (χ0) is 18.9. The third-order valence-corrected chi connectivity index (χ3v) is 4.04. The lowest BCUT2D eigenvalue weighted by Gasteiger charge is -2.21. The van der Waals surface area contributed by atoms with Crippen molar-refractivity contribution in [3.8, 4) is 0 Å². The minimum Gasteiger partial charge on any atom is -0.410 e. The van der Waals surface area contributed by atoms with E-state index in [0.717, 1.165) is 11.0 Å². The summed E-state index contributed by atoms with van der Waals surface area (Å²) >= 11 is 0. The first-order valence-electron chi connectivity index (χ1n) is 8.79. The highest BCUT2D eigenvalue weighted by Crippen LogP contribution is 2.18. The molecule has 0 radical (unpaired) electrons. The maximum Gasteiger partial charge on any atom is 0.494 e. The second-order valence-corrected chi connectivity index (χ2v) is 5.93. The van der Waals surface area contributed by atoms with Crippen molar-refractivity contribution in [3.63, 3.8) is 0 Å². The van der Waals surface area contributed by atoms with Crippen LogP contribution >= 0.6 is 0 Å². The molecule has 0 N–H and O–H groups in total. The molecule has 2 unspecified atom stereocenters. The molecule has 0 aliphatic carbocycles. The van der Waals surface area contributed by atoms with Crippen LogP contribution in [0.3, 0.4) is 0 Å². The summed E-state index contributed by atoms with van der Waals surface area (Å²) in [4.78, 5) is 0. The molecule has 0 aliphatic heterocycles. The molecule has 140 valence electrons. The standard InChI is InChI=1S/C20H26BFO4/c1-5-24-16(3)25-14-18-13-19(22)11-12-20(18)21(23-4)26-15(2)17-9-7-6-8-10-17/h6-13,15-16H,5,14H2,1-4H3. The van der Waals surface area contributed by atoms with E-state index in [9.17, 15) is 4.39 Å². The van der Waals surface area contributed by atoms with Crippen LogP contribution in [-0.4, -0.2) is 27.1 Å². The number of hydrogen-bond acceptors (Lipinski definition) is 4. The van der Waals surface area contributed by atoms with Crippen molar-refractivity contribution in [1.29, 1.82) is 0 Å². The summed E-state index contributed by atoms with van der Waals surface area (Å²) in [6.45, 7) is 6.42. The Bertz CT molecular complexity index is 668. The average molecular weight is 360 g/mol. The average Bonchev–Trinajstić information content (AvgIpc) is 2.65. The van der Waals surface area contributed by atoms with Gasteiger partial charge in [-0.1, -0.05) is 36.4 Å². The Balaban J connectivity index is 2.15. The molecule has 0 fully saturated rings. The predicted molar refractivity (Wildman–Crippen MR) is 101 cm³/mol. The van der Waals surface area contributed by atoms with Crippen LogP contribution in [-0.2, 0) is 25.4 Å². The van der Waals surface area contributed by atoms with Gasteiger partial charge in [-0.25, -0.2) is 4.39 Å². The van der Waals surface area contributed by atoms with Gasteiger partial charge in [-0.2, -0.15) is 0 Å². The second-order valence-electron chi connectivity index (χ2n) is 5.93. The molecule has 0 saturated heterocycles. The molecule has 0 aliphatic rings. The van der Waals surface area contributed by atoms with E-state index < -0.39 is 7.12 Å². The van der Waals surface area contributed by atoms with Crippen molar-refractivity contribution < 1.29 is 23.2 Å². The fourth-order valence-electron chi connectivity index (χ4n) is 2.66. The largest absolute Gasteiger partial charge is 0.494 e. The molecule has 0 saturated carbocycles. The van der Waals surface area contributed by atoms with E-state index in [2.05, 4.69) is 0 Å². The van der Waals surface area contributed by atoms with Gasteiger partial charge in [-0.3, -0.25) is 0 Å². The second kappa shape index (κ2) is 10.4. The van der Waals surface area contributed by atoms with Gasteiger partial charge >= 0.3 is 7.12 Å². The fourth-order valence-corrected chi connectivity index (χ4v) is 2.66. The number of ether oxygens (including phenoxy) is 2. The number of halogens is 1. The highest BCUT2D eigenvalue weighted by atomic mass is 19.1. The Morgan fingerprint density at radius 2 is 1.77 bits per heavy atom. The predicted octanol–water partition coefficient (Wildman–Crippen LogP) is 3.84. The smallest absolute Gasteiger partial charge is 0.410 e. The Kier molecular flexibility index (Phi) is 8.26. The highest BCUT2D eigenvalue weighted by Gasteiger charge is 2.26. The van der Waals surface area contributed by atoms with Gasteiger partial charge < -0.3 is 18.8 Å². The summed E-state index contributed by atoms with van der Waals surface area (Å²) in [7, 11) is 0.936. The molecule has 26 heavy (non-hydrogen) atoms. The molecule has 0 aromatic heterocycles. The van der Waals surface area contributed by atoms with E-state index in [0.29, 0.717) is 12.2 Å². The van der Waals surface area contributed by atoms with Crippen LogP contribution in [0.2, 0.25) is 0 Å². The lowest BCUT2D eigenvalue weighted by Crippen LogP contribution is -2.39. The van der Waals surface area contributed by atoms with Gasteiger partial charge in [0.25, 0.3) is 0 Å². The van der Waals surface area contributed by atoms with E-state index >= 15 is 0 Å². The molecule has 2 aromatic rings. The Morgan fingerprint density at radius 3 is 2.42 bits per heavy atom. The van der Waals surface area contributed by atoms with Gasteiger partial charge in [-0.05, 0) is 49.5 Å². The van der Waals surface area contributed by atoms with Crippen LogP contribution in [0, 0.1) is 5.82 Å². The third kappa shape index (κ3) is 5.92. The quantitative estimate of drug-likeness (QED) is 0.477. The van der Waals surface area contributed by atoms with Crippen molar-refractivity contribution in [2.45, 2.75) is 39.8 Å². The van der Waals surface area contributed by atoms with E-state index in [1.807, 2.05) is 51.1 Å². The van der Waals surface area contributed by atoms with Crippen LogP contribution in [0.4, 0.5) is 4.39 Å². The van der Waals surface area contributed by atoms with Crippen LogP contribution in [0.1, 0.15) is 38.0 Å². The van der Waals surface area contributed by atoms with Gasteiger partial charge in [0.05, 0.1) is 12.7 Å². The summed E-state index contributed by atoms with van der Waals surface area (Å²) in [5, 5.41) is 0. The Labute approximate surface area is 155 Å². The summed E-state index contributed by atoms with van der Waals surface area (Å²) in [6.07, 6.45) is -0.552. The third-order valence-electron chi connectivity index (χ3n) is 4.04. The maximum atomic E-state index is 13.7. The Hall–Kier alpha value is -1.73. The highest BCUT2D eigenvalue weighted by molar-refractivity contribution is 6.61. The summed E-state index contributed by atoms with van der Waals surface area (Å²) < 4.78 is 36.4. The molecule has 0 bridgehead atoms. The summed E-state index contributed by atoms with van der Waals surface area (Å²) in [5.41, 5.74) is 2.45. The number of rotatable bonds is 10. The monoisotopic (exact) mass is 360 g/mol. The summed E-state index contributed by atoms with van der Waals surface area (Å²) in [6, 6.07) is 14.4. The number of hydrogen-bond donors (Lipinski definition) is 0. The molecular formula is C20H26BFO4. The topological polar surface area (TPSA) is 36.9 Å². The number of benzene rings is 2. The van der Waals surface area contributed by atoms with Gasteiger partial charge in [0.15, 0.2) is 6.29 Å². The van der Waals surface area contributed by atoms with Gasteiger partial charge in [0.2, 0.25) is 0 Å². The van der Waals surface area contributed by atoms with Crippen LogP contribution in [0.25, 0.3) is 0 Å². The first-order chi connectivity index (χ1) is 12.5. The molecule has 0 heterocycles. The van der Waals surface area contributed by atoms with Gasteiger partial charge in [0, 0.05) is 13.7 Å². The molecule has 2 atom stereocenters. The molecule has 0 amide bonds. The van der Waals surface area contributed by atoms with Crippen LogP contribution in [0.15, 0.2) is 48.5 Å². The molecule has 2 aromatic carbocycles. The van der Waals surface area contributed by atoms with E-state index in [4.69, 9.17) is 18.8 Å². The van der Waals surface area contributed by atoms with E-state index in [-0.39, 0.29) is 24.8 Å². The Morgan fingerprint density at radius 1 is 1.04 bits per heavy atom. The SMILES string of the molecule is CCOC(C)OCc1cc(F)ccc1B(OC)OC(C)c1ccccc1. The maximum absolute atomic E-state index is 13.7. The molecule has 2 rings (SSSR count). The molecule has 4 nitrogen and oxygen atoms in total. The van der Waals surface area contributed by atoms with Crippen molar-refractivity contribution in [2.24, 2.45) is 0 Å². The lowest BCUT2D eigenvalue weighted by atomic mass is 9.75. The van der Waals surface area contributed by atoms with Crippen molar-refractivity contribution >= 4 is 12.6 Å². The zero-order valence-corrected chi connectivity index (χ0v) is 15.8. The van der Waals surface area contributed by atoms with Crippen LogP contribution < -0.4 is 5.46 Å². The minimum atomic E-state index is -0.633. The first kappa shape index (κ1) is 20.6. The molecule has 6 heteroatoms. The van der Waals surface area contributed by atoms with Gasteiger partial charge in [0.1, 0.15) is 5.82 Å². The first-order valence-corrected chi connectivity index (χ1v) is 8.79. The van der Waals surface area contributed by atoms with E-state index in [1.54, 1.807) is 13.2 Å². The lowest BCUT2D eigenvalue weighted by molar-refractivity contribution is -0.134. The van der Waals surface area contributed by atoms with Crippen molar-refractivity contribution in [3.05, 3.63) is 65.5 Å². The van der Waals surface area contributed by atoms with Gasteiger partial charge in [-0.15, -0.1) is 0 Å². The minimum absolute atomic E-state index is 0.178. The van der Waals surface area contributed by atoms with Crippen molar-refractivity contribution in [2.75, 3.05) is 13.7 Å². The fraction of sp³-hybridized carbons (Fsp3) is 0.400. The molecular weight excluding hydrogens is 334 g/mol. The zero-order valence-electron chi connectivity index (χ0n) is 15.8. The molecule has 0 spiro atoms. The summed E-state index contributed by atoms with van der Waals surface area (Å²) in [5.74, 6) is -0.331. The van der Waals surface area contributed by atoms with Crippen molar-refractivity contribution in [1.82, 2.24) is 0 Å². The normalized spacial score (nSPS) is 13.4.